The molecule has 0 amide bonds. The lowest BCUT2D eigenvalue weighted by molar-refractivity contribution is 0.483. The van der Waals surface area contributed by atoms with Gasteiger partial charge in [-0.05, 0) is 74.5 Å². The summed E-state index contributed by atoms with van der Waals surface area (Å²) in [6, 6.07) is 54.6. The molecule has 9 aromatic rings. The van der Waals surface area contributed by atoms with Gasteiger partial charge in [-0.15, -0.1) is 11.3 Å². The second-order valence-corrected chi connectivity index (χ2v) is 12.7. The van der Waals surface area contributed by atoms with Gasteiger partial charge in [-0.3, -0.25) is 0 Å². The molecule has 3 heteroatoms. The fourth-order valence-electron chi connectivity index (χ4n) is 7.23. The molecule has 10 rings (SSSR count). The van der Waals surface area contributed by atoms with E-state index in [9.17, 15) is 0 Å². The van der Waals surface area contributed by atoms with Crippen molar-refractivity contribution in [2.45, 2.75) is 0 Å². The Bertz CT molecular complexity index is 2630. The molecule has 0 bridgehead atoms. The lowest BCUT2D eigenvalue weighted by atomic mass is 9.93. The van der Waals surface area contributed by atoms with Gasteiger partial charge in [-0.2, -0.15) is 0 Å². The third-order valence-corrected chi connectivity index (χ3v) is 10.4. The highest BCUT2D eigenvalue weighted by molar-refractivity contribution is 7.26. The molecule has 0 saturated carbocycles. The number of benzene rings is 8. The van der Waals surface area contributed by atoms with Gasteiger partial charge < -0.3 is 9.64 Å². The highest BCUT2D eigenvalue weighted by atomic mass is 32.1. The normalized spacial score (nSPS) is 12.6. The number of hydrogen-bond acceptors (Lipinski definition) is 3. The fraction of sp³-hybridized carbons (Fsp3) is 0. The van der Waals surface area contributed by atoms with Crippen molar-refractivity contribution in [3.05, 3.63) is 152 Å². The molecule has 2 nitrogen and oxygen atoms in total. The SMILES string of the molecule is c1ccc2c(c1)Oc1c(c3sc4ccccc4c3c3ccccc13)N2c1ccc(-c2cc3ccccc3c3ccccc23)cc1. The van der Waals surface area contributed by atoms with E-state index >= 15 is 0 Å². The van der Waals surface area contributed by atoms with Crippen LogP contribution in [0.2, 0.25) is 0 Å². The van der Waals surface area contributed by atoms with Crippen molar-refractivity contribution in [3.63, 3.8) is 0 Å². The van der Waals surface area contributed by atoms with Crippen LogP contribution < -0.4 is 9.64 Å². The quantitative estimate of drug-likeness (QED) is 0.185. The van der Waals surface area contributed by atoms with Crippen molar-refractivity contribution in [3.8, 4) is 22.6 Å². The molecule has 0 spiro atoms. The third-order valence-electron chi connectivity index (χ3n) is 9.21. The minimum atomic E-state index is 0.861. The van der Waals surface area contributed by atoms with E-state index in [2.05, 4.69) is 157 Å². The average Bonchev–Trinajstić information content (AvgIpc) is 3.50. The van der Waals surface area contributed by atoms with E-state index in [4.69, 9.17) is 4.74 Å². The van der Waals surface area contributed by atoms with Crippen LogP contribution in [0, 0.1) is 0 Å². The number of para-hydroxylation sites is 2. The highest BCUT2D eigenvalue weighted by Crippen LogP contribution is 2.58. The van der Waals surface area contributed by atoms with Gasteiger partial charge in [0.05, 0.1) is 10.4 Å². The Morgan fingerprint density at radius 3 is 2.00 bits per heavy atom. The standard InChI is InChI=1S/C42H25NOS/c1-2-12-29-27(11-1)25-35(31-14-4-3-13-30(29)31)26-21-23-28(24-22-26)43-36-18-8-9-19-37(36)44-41-33-16-6-5-15-32(33)39-34-17-7-10-20-38(34)45-42(39)40(41)43/h1-25H. The monoisotopic (exact) mass is 591 g/mol. The van der Waals surface area contributed by atoms with E-state index in [1.807, 2.05) is 11.3 Å². The number of thiophene rings is 1. The molecule has 210 valence electrons. The van der Waals surface area contributed by atoms with Crippen LogP contribution in [0.15, 0.2) is 152 Å². The molecule has 0 unspecified atom stereocenters. The zero-order valence-electron chi connectivity index (χ0n) is 24.2. The van der Waals surface area contributed by atoms with Gasteiger partial charge in [0.25, 0.3) is 0 Å². The summed E-state index contributed by atoms with van der Waals surface area (Å²) in [5.74, 6) is 1.77. The number of hydrogen-bond donors (Lipinski definition) is 0. The lowest BCUT2D eigenvalue weighted by Gasteiger charge is -2.34. The first-order valence-electron chi connectivity index (χ1n) is 15.3. The summed E-state index contributed by atoms with van der Waals surface area (Å²) < 4.78 is 9.31. The second-order valence-electron chi connectivity index (χ2n) is 11.7. The van der Waals surface area contributed by atoms with Crippen molar-refractivity contribution < 1.29 is 4.74 Å². The smallest absolute Gasteiger partial charge is 0.160 e. The van der Waals surface area contributed by atoms with Crippen LogP contribution in [0.3, 0.4) is 0 Å². The van der Waals surface area contributed by atoms with Gasteiger partial charge in [0, 0.05) is 26.5 Å². The first kappa shape index (κ1) is 24.8. The molecule has 8 aromatic carbocycles. The number of anilines is 3. The van der Waals surface area contributed by atoms with E-state index in [0.29, 0.717) is 0 Å². The van der Waals surface area contributed by atoms with Crippen LogP contribution in [-0.2, 0) is 0 Å². The van der Waals surface area contributed by atoms with E-state index in [1.54, 1.807) is 0 Å². The van der Waals surface area contributed by atoms with Crippen LogP contribution >= 0.6 is 11.3 Å². The molecule has 0 N–H and O–H groups in total. The van der Waals surface area contributed by atoms with E-state index in [0.717, 1.165) is 33.9 Å². The van der Waals surface area contributed by atoms with Crippen LogP contribution in [-0.4, -0.2) is 0 Å². The molecule has 0 aliphatic carbocycles. The fourth-order valence-corrected chi connectivity index (χ4v) is 8.47. The molecule has 0 fully saturated rings. The molecule has 2 heterocycles. The molecule has 45 heavy (non-hydrogen) atoms. The molecular formula is C42H25NOS. The zero-order valence-corrected chi connectivity index (χ0v) is 25.0. The predicted molar refractivity (Wildman–Crippen MR) is 192 cm³/mol. The summed E-state index contributed by atoms with van der Waals surface area (Å²) in [4.78, 5) is 2.40. The minimum absolute atomic E-state index is 0.861. The Labute approximate surface area is 264 Å². The van der Waals surface area contributed by atoms with Crippen molar-refractivity contribution in [2.24, 2.45) is 0 Å². The number of nitrogens with zero attached hydrogens (tertiary/aromatic N) is 1. The van der Waals surface area contributed by atoms with Crippen molar-refractivity contribution in [1.29, 1.82) is 0 Å². The summed E-state index contributed by atoms with van der Waals surface area (Å²) >= 11 is 1.85. The lowest BCUT2D eigenvalue weighted by Crippen LogP contribution is -2.16. The van der Waals surface area contributed by atoms with Gasteiger partial charge in [0.15, 0.2) is 11.5 Å². The van der Waals surface area contributed by atoms with Gasteiger partial charge in [-0.25, -0.2) is 0 Å². The summed E-state index contributed by atoms with van der Waals surface area (Å²) in [5.41, 5.74) is 5.70. The Morgan fingerprint density at radius 2 is 1.16 bits per heavy atom. The van der Waals surface area contributed by atoms with Crippen molar-refractivity contribution >= 4 is 80.9 Å². The van der Waals surface area contributed by atoms with E-state index in [-0.39, 0.29) is 0 Å². The Balaban J connectivity index is 1.23. The number of fused-ring (bicyclic) bond motifs is 12. The topological polar surface area (TPSA) is 12.5 Å². The first-order valence-corrected chi connectivity index (χ1v) is 16.1. The molecule has 0 radical (unpaired) electrons. The van der Waals surface area contributed by atoms with Crippen LogP contribution in [0.1, 0.15) is 0 Å². The first-order chi connectivity index (χ1) is 22.3. The van der Waals surface area contributed by atoms with E-state index in [1.165, 1.54) is 58.2 Å². The van der Waals surface area contributed by atoms with Gasteiger partial charge >= 0.3 is 0 Å². The van der Waals surface area contributed by atoms with Crippen LogP contribution in [0.4, 0.5) is 17.1 Å². The summed E-state index contributed by atoms with van der Waals surface area (Å²) in [5, 5.41) is 10.0. The molecule has 0 atom stereocenters. The van der Waals surface area contributed by atoms with Gasteiger partial charge in [0.1, 0.15) is 5.69 Å². The van der Waals surface area contributed by atoms with Crippen LogP contribution in [0.25, 0.3) is 63.6 Å². The molecular weight excluding hydrogens is 567 g/mol. The largest absolute Gasteiger partial charge is 0.452 e. The molecule has 1 aliphatic rings. The maximum Gasteiger partial charge on any atom is 0.160 e. The number of ether oxygens (including phenoxy) is 1. The van der Waals surface area contributed by atoms with E-state index < -0.39 is 0 Å². The summed E-state index contributed by atoms with van der Waals surface area (Å²) in [6.45, 7) is 0. The summed E-state index contributed by atoms with van der Waals surface area (Å²) in [6.07, 6.45) is 0. The number of rotatable bonds is 2. The maximum atomic E-state index is 6.79. The molecule has 0 saturated heterocycles. The predicted octanol–water partition coefficient (Wildman–Crippen LogP) is 12.8. The van der Waals surface area contributed by atoms with Gasteiger partial charge in [-0.1, -0.05) is 115 Å². The Morgan fingerprint density at radius 1 is 0.511 bits per heavy atom. The summed E-state index contributed by atoms with van der Waals surface area (Å²) in [7, 11) is 0. The van der Waals surface area contributed by atoms with Gasteiger partial charge in [0.2, 0.25) is 0 Å². The maximum absolute atomic E-state index is 6.79. The second kappa shape index (κ2) is 9.43. The Kier molecular flexibility index (Phi) is 5.19. The highest BCUT2D eigenvalue weighted by Gasteiger charge is 2.31. The molecule has 1 aromatic heterocycles. The third kappa shape index (κ3) is 3.56. The molecule has 1 aliphatic heterocycles. The average molecular weight is 592 g/mol. The van der Waals surface area contributed by atoms with Crippen molar-refractivity contribution in [1.82, 2.24) is 0 Å². The van der Waals surface area contributed by atoms with Crippen molar-refractivity contribution in [2.75, 3.05) is 4.90 Å². The minimum Gasteiger partial charge on any atom is -0.452 e. The van der Waals surface area contributed by atoms with Crippen LogP contribution in [0.5, 0.6) is 11.5 Å². The Hall–Kier alpha value is -5.64. The zero-order chi connectivity index (χ0) is 29.5.